The summed E-state index contributed by atoms with van der Waals surface area (Å²) in [6.45, 7) is 3.29. The van der Waals surface area contributed by atoms with Gasteiger partial charge in [0.15, 0.2) is 0 Å². The molecule has 1 fully saturated rings. The minimum Gasteiger partial charge on any atom is -0.393 e. The highest BCUT2D eigenvalue weighted by atomic mass is 32.1. The first-order chi connectivity index (χ1) is 10.1. The summed E-state index contributed by atoms with van der Waals surface area (Å²) in [6.07, 6.45) is 2.72. The third-order valence-electron chi connectivity index (χ3n) is 3.73. The highest BCUT2D eigenvalue weighted by molar-refractivity contribution is 7.16. The van der Waals surface area contributed by atoms with E-state index in [1.807, 2.05) is 25.1 Å². The van der Waals surface area contributed by atoms with Crippen LogP contribution in [0.5, 0.6) is 0 Å². The smallest absolute Gasteiger partial charge is 0.265 e. The molecule has 1 aliphatic rings. The molecule has 1 aromatic heterocycles. The molecule has 0 saturated carbocycles. The topological polar surface area (TPSA) is 53.4 Å². The van der Waals surface area contributed by atoms with Crippen LogP contribution in [0.25, 0.3) is 10.6 Å². The number of nitrogens with zero attached hydrogens (tertiary/aromatic N) is 2. The molecule has 0 unspecified atom stereocenters. The van der Waals surface area contributed by atoms with E-state index in [4.69, 9.17) is 0 Å². The Kier molecular flexibility index (Phi) is 4.03. The summed E-state index contributed by atoms with van der Waals surface area (Å²) in [5.74, 6) is 0.0262. The normalized spacial score (nSPS) is 16.2. The molecule has 1 aliphatic heterocycles. The number of aromatic nitrogens is 1. The van der Waals surface area contributed by atoms with Gasteiger partial charge in [0.1, 0.15) is 9.88 Å². The monoisotopic (exact) mass is 302 g/mol. The molecule has 1 aromatic carbocycles. The fourth-order valence-corrected chi connectivity index (χ4v) is 3.39. The van der Waals surface area contributed by atoms with Crippen molar-refractivity contribution in [2.75, 3.05) is 13.1 Å². The molecule has 110 valence electrons. The number of aliphatic hydroxyl groups is 1. The van der Waals surface area contributed by atoms with Crippen molar-refractivity contribution in [2.24, 2.45) is 0 Å². The second kappa shape index (κ2) is 5.95. The minimum atomic E-state index is -0.265. The predicted molar refractivity (Wildman–Crippen MR) is 83.4 cm³/mol. The number of piperidine rings is 1. The van der Waals surface area contributed by atoms with Gasteiger partial charge in [-0.25, -0.2) is 4.98 Å². The maximum atomic E-state index is 12.4. The second-order valence-electron chi connectivity index (χ2n) is 5.42. The predicted octanol–water partition coefficient (Wildman–Crippen LogP) is 2.72. The zero-order valence-electron chi connectivity index (χ0n) is 12.0. The zero-order valence-corrected chi connectivity index (χ0v) is 12.8. The maximum absolute atomic E-state index is 12.4. The van der Waals surface area contributed by atoms with Crippen LogP contribution in [0.1, 0.15) is 28.1 Å². The number of amides is 1. The van der Waals surface area contributed by atoms with E-state index in [0.29, 0.717) is 30.8 Å². The fraction of sp³-hybridized carbons (Fsp3) is 0.375. The summed E-state index contributed by atoms with van der Waals surface area (Å²) >= 11 is 1.43. The number of aryl methyl sites for hydroxylation is 1. The third-order valence-corrected chi connectivity index (χ3v) is 4.77. The summed E-state index contributed by atoms with van der Waals surface area (Å²) < 4.78 is 0. The summed E-state index contributed by atoms with van der Waals surface area (Å²) in [7, 11) is 0. The van der Waals surface area contributed by atoms with Gasteiger partial charge in [-0.2, -0.15) is 0 Å². The van der Waals surface area contributed by atoms with Crippen molar-refractivity contribution in [3.05, 3.63) is 40.9 Å². The van der Waals surface area contributed by atoms with E-state index in [2.05, 4.69) is 11.1 Å². The van der Waals surface area contributed by atoms with E-state index in [1.165, 1.54) is 16.9 Å². The molecule has 0 spiro atoms. The summed E-state index contributed by atoms with van der Waals surface area (Å²) in [4.78, 5) is 19.3. The Morgan fingerprint density at radius 3 is 2.86 bits per heavy atom. The molecular weight excluding hydrogens is 284 g/mol. The standard InChI is InChI=1S/C16H18N2O2S/c1-11-3-2-4-12(9-11)15-17-10-14(21-15)16(20)18-7-5-13(19)6-8-18/h2-4,9-10,13,19H,5-8H2,1H3. The molecule has 3 rings (SSSR count). The molecule has 2 aromatic rings. The number of benzene rings is 1. The van der Waals surface area contributed by atoms with Crippen LogP contribution in [0.2, 0.25) is 0 Å². The Labute approximate surface area is 128 Å². The molecule has 1 amide bonds. The van der Waals surface area contributed by atoms with Crippen LogP contribution >= 0.6 is 11.3 Å². The maximum Gasteiger partial charge on any atom is 0.265 e. The molecule has 5 heteroatoms. The number of thiazole rings is 1. The Morgan fingerprint density at radius 1 is 1.38 bits per heavy atom. The van der Waals surface area contributed by atoms with Gasteiger partial charge < -0.3 is 10.0 Å². The SMILES string of the molecule is Cc1cccc(-c2ncc(C(=O)N3CCC(O)CC3)s2)c1. The van der Waals surface area contributed by atoms with E-state index in [9.17, 15) is 9.90 Å². The lowest BCUT2D eigenvalue weighted by atomic mass is 10.1. The molecular formula is C16H18N2O2S. The largest absolute Gasteiger partial charge is 0.393 e. The third kappa shape index (κ3) is 3.14. The molecule has 0 atom stereocenters. The highest BCUT2D eigenvalue weighted by Gasteiger charge is 2.23. The van der Waals surface area contributed by atoms with Crippen molar-refractivity contribution in [1.82, 2.24) is 9.88 Å². The first-order valence-corrected chi connectivity index (χ1v) is 7.95. The van der Waals surface area contributed by atoms with Crippen molar-refractivity contribution < 1.29 is 9.90 Å². The number of hydrogen-bond donors (Lipinski definition) is 1. The van der Waals surface area contributed by atoms with Crippen LogP contribution in [0.15, 0.2) is 30.5 Å². The highest BCUT2D eigenvalue weighted by Crippen LogP contribution is 2.27. The number of rotatable bonds is 2. The molecule has 1 saturated heterocycles. The lowest BCUT2D eigenvalue weighted by Gasteiger charge is -2.29. The van der Waals surface area contributed by atoms with Gasteiger partial charge in [0.25, 0.3) is 5.91 Å². The molecule has 21 heavy (non-hydrogen) atoms. The summed E-state index contributed by atoms with van der Waals surface area (Å²) in [5.41, 5.74) is 2.23. The second-order valence-corrected chi connectivity index (χ2v) is 6.45. The summed E-state index contributed by atoms with van der Waals surface area (Å²) in [5, 5.41) is 10.4. The molecule has 0 bridgehead atoms. The van der Waals surface area contributed by atoms with E-state index >= 15 is 0 Å². The van der Waals surface area contributed by atoms with Crippen molar-refractivity contribution >= 4 is 17.2 Å². The molecule has 4 nitrogen and oxygen atoms in total. The van der Waals surface area contributed by atoms with Crippen LogP contribution in [0.4, 0.5) is 0 Å². The Hall–Kier alpha value is -1.72. The van der Waals surface area contributed by atoms with Crippen molar-refractivity contribution in [3.8, 4) is 10.6 Å². The quantitative estimate of drug-likeness (QED) is 0.928. The van der Waals surface area contributed by atoms with Gasteiger partial charge in [0.2, 0.25) is 0 Å². The number of carbonyl (C=O) groups excluding carboxylic acids is 1. The Bertz CT molecular complexity index is 645. The number of carbonyl (C=O) groups is 1. The average molecular weight is 302 g/mol. The Balaban J connectivity index is 1.77. The zero-order chi connectivity index (χ0) is 14.8. The van der Waals surface area contributed by atoms with Crippen LogP contribution in [-0.4, -0.2) is 40.1 Å². The lowest BCUT2D eigenvalue weighted by Crippen LogP contribution is -2.39. The van der Waals surface area contributed by atoms with Gasteiger partial charge in [0, 0.05) is 18.7 Å². The van der Waals surface area contributed by atoms with Crippen LogP contribution in [0.3, 0.4) is 0 Å². The molecule has 0 radical (unpaired) electrons. The minimum absolute atomic E-state index is 0.0262. The Morgan fingerprint density at radius 2 is 2.14 bits per heavy atom. The van der Waals surface area contributed by atoms with Crippen molar-refractivity contribution in [2.45, 2.75) is 25.9 Å². The van der Waals surface area contributed by atoms with E-state index in [0.717, 1.165) is 10.6 Å². The number of hydrogen-bond acceptors (Lipinski definition) is 4. The van der Waals surface area contributed by atoms with Crippen molar-refractivity contribution in [1.29, 1.82) is 0 Å². The number of likely N-dealkylation sites (tertiary alicyclic amines) is 1. The van der Waals surface area contributed by atoms with Crippen LogP contribution < -0.4 is 0 Å². The van der Waals surface area contributed by atoms with Gasteiger partial charge >= 0.3 is 0 Å². The van der Waals surface area contributed by atoms with Crippen molar-refractivity contribution in [3.63, 3.8) is 0 Å². The van der Waals surface area contributed by atoms with Gasteiger partial charge in [-0.3, -0.25) is 4.79 Å². The first kappa shape index (κ1) is 14.2. The van der Waals surface area contributed by atoms with Gasteiger partial charge in [0.05, 0.1) is 12.3 Å². The van der Waals surface area contributed by atoms with E-state index in [-0.39, 0.29) is 12.0 Å². The first-order valence-electron chi connectivity index (χ1n) is 7.13. The molecule has 2 heterocycles. The summed E-state index contributed by atoms with van der Waals surface area (Å²) in [6, 6.07) is 8.13. The van der Waals surface area contributed by atoms with Gasteiger partial charge in [-0.15, -0.1) is 11.3 Å². The average Bonchev–Trinajstić information content (AvgIpc) is 2.97. The fourth-order valence-electron chi connectivity index (χ4n) is 2.51. The van der Waals surface area contributed by atoms with Gasteiger partial charge in [-0.05, 0) is 25.8 Å². The van der Waals surface area contributed by atoms with Gasteiger partial charge in [-0.1, -0.05) is 23.8 Å². The molecule has 0 aliphatic carbocycles. The van der Waals surface area contributed by atoms with Crippen LogP contribution in [0, 0.1) is 6.92 Å². The van der Waals surface area contributed by atoms with E-state index < -0.39 is 0 Å². The molecule has 1 N–H and O–H groups in total. The van der Waals surface area contributed by atoms with E-state index in [1.54, 1.807) is 11.1 Å². The lowest BCUT2D eigenvalue weighted by molar-refractivity contribution is 0.0550. The van der Waals surface area contributed by atoms with Crippen LogP contribution in [-0.2, 0) is 0 Å². The number of aliphatic hydroxyl groups excluding tert-OH is 1.